The van der Waals surface area contributed by atoms with E-state index in [1.807, 2.05) is 0 Å². The maximum atomic E-state index is 3.43. The van der Waals surface area contributed by atoms with Crippen molar-refractivity contribution in [3.05, 3.63) is 28.8 Å². The van der Waals surface area contributed by atoms with Crippen LogP contribution in [0.3, 0.4) is 0 Å². The summed E-state index contributed by atoms with van der Waals surface area (Å²) < 4.78 is 0. The largest absolute Gasteiger partial charge is 0.383 e. The minimum absolute atomic E-state index is 0.990. The summed E-state index contributed by atoms with van der Waals surface area (Å²) >= 11 is 0. The van der Waals surface area contributed by atoms with Gasteiger partial charge < -0.3 is 10.6 Å². The summed E-state index contributed by atoms with van der Waals surface area (Å²) in [6, 6.07) is 4.52. The Kier molecular flexibility index (Phi) is 2.23. The van der Waals surface area contributed by atoms with Crippen LogP contribution in [0.15, 0.2) is 12.1 Å². The molecule has 13 heavy (non-hydrogen) atoms. The summed E-state index contributed by atoms with van der Waals surface area (Å²) in [4.78, 5) is 0. The van der Waals surface area contributed by atoms with Gasteiger partial charge in [0.25, 0.3) is 0 Å². The zero-order valence-corrected chi connectivity index (χ0v) is 8.28. The molecule has 2 rings (SSSR count). The molecular formula is C11H16N2. The highest BCUT2D eigenvalue weighted by Crippen LogP contribution is 2.21. The fraction of sp³-hybridized carbons (Fsp3) is 0.455. The van der Waals surface area contributed by atoms with Gasteiger partial charge in [0.05, 0.1) is 0 Å². The first-order chi connectivity index (χ1) is 6.27. The van der Waals surface area contributed by atoms with Gasteiger partial charge in [0.1, 0.15) is 0 Å². The standard InChI is InChI=1S/C11H16N2/c1-8-5-10-7-12-3-4-13-11(10)6-9(8)2/h5-6,12-13H,3-4,7H2,1-2H3. The Morgan fingerprint density at radius 3 is 2.69 bits per heavy atom. The molecule has 0 fully saturated rings. The number of hydrogen-bond acceptors (Lipinski definition) is 2. The average Bonchev–Trinajstić information content (AvgIpc) is 2.31. The van der Waals surface area contributed by atoms with Gasteiger partial charge in [0.15, 0.2) is 0 Å². The number of nitrogens with one attached hydrogen (secondary N) is 2. The molecule has 1 heterocycles. The molecule has 1 aromatic carbocycles. The van der Waals surface area contributed by atoms with Crippen LogP contribution in [0.2, 0.25) is 0 Å². The van der Waals surface area contributed by atoms with Crippen LogP contribution in [-0.2, 0) is 6.54 Å². The van der Waals surface area contributed by atoms with Gasteiger partial charge in [-0.2, -0.15) is 0 Å². The number of hydrogen-bond donors (Lipinski definition) is 2. The van der Waals surface area contributed by atoms with E-state index in [1.165, 1.54) is 22.4 Å². The SMILES string of the molecule is Cc1cc2c(cc1C)NCCNC2. The number of aryl methyl sites for hydroxylation is 2. The summed E-state index contributed by atoms with van der Waals surface area (Å²) in [7, 11) is 0. The summed E-state index contributed by atoms with van der Waals surface area (Å²) in [6.07, 6.45) is 0. The lowest BCUT2D eigenvalue weighted by atomic mass is 10.0. The van der Waals surface area contributed by atoms with Crippen LogP contribution in [0.4, 0.5) is 5.69 Å². The van der Waals surface area contributed by atoms with E-state index in [-0.39, 0.29) is 0 Å². The third-order valence-electron chi connectivity index (χ3n) is 2.65. The maximum Gasteiger partial charge on any atom is 0.0389 e. The van der Waals surface area contributed by atoms with Gasteiger partial charge in [0, 0.05) is 25.3 Å². The Balaban J connectivity index is 2.43. The fourth-order valence-corrected chi connectivity index (χ4v) is 1.70. The molecular weight excluding hydrogens is 160 g/mol. The van der Waals surface area contributed by atoms with Crippen LogP contribution in [0, 0.1) is 13.8 Å². The van der Waals surface area contributed by atoms with Crippen LogP contribution < -0.4 is 10.6 Å². The molecule has 0 saturated carbocycles. The predicted octanol–water partition coefficient (Wildman–Crippen LogP) is 1.82. The highest BCUT2D eigenvalue weighted by Gasteiger charge is 2.07. The lowest BCUT2D eigenvalue weighted by molar-refractivity contribution is 0.725. The maximum absolute atomic E-state index is 3.43. The lowest BCUT2D eigenvalue weighted by Crippen LogP contribution is -2.16. The molecule has 2 N–H and O–H groups in total. The molecule has 2 heteroatoms. The fourth-order valence-electron chi connectivity index (χ4n) is 1.70. The number of rotatable bonds is 0. The molecule has 0 saturated heterocycles. The van der Waals surface area contributed by atoms with Crippen molar-refractivity contribution in [2.24, 2.45) is 0 Å². The molecule has 0 amide bonds. The van der Waals surface area contributed by atoms with Gasteiger partial charge in [0.2, 0.25) is 0 Å². The van der Waals surface area contributed by atoms with Gasteiger partial charge in [-0.05, 0) is 36.6 Å². The van der Waals surface area contributed by atoms with E-state index in [1.54, 1.807) is 0 Å². The third-order valence-corrected chi connectivity index (χ3v) is 2.65. The molecule has 0 aliphatic carbocycles. The van der Waals surface area contributed by atoms with Gasteiger partial charge in [-0.15, -0.1) is 0 Å². The molecule has 0 unspecified atom stereocenters. The van der Waals surface area contributed by atoms with Crippen molar-refractivity contribution in [3.8, 4) is 0 Å². The zero-order valence-electron chi connectivity index (χ0n) is 8.28. The van der Waals surface area contributed by atoms with Crippen molar-refractivity contribution >= 4 is 5.69 Å². The van der Waals surface area contributed by atoms with Gasteiger partial charge in [-0.25, -0.2) is 0 Å². The first-order valence-electron chi connectivity index (χ1n) is 4.82. The van der Waals surface area contributed by atoms with Crippen molar-refractivity contribution in [2.45, 2.75) is 20.4 Å². The molecule has 0 atom stereocenters. The molecule has 1 aromatic rings. The molecule has 1 aliphatic rings. The van der Waals surface area contributed by atoms with Crippen molar-refractivity contribution in [2.75, 3.05) is 18.4 Å². The first-order valence-corrected chi connectivity index (χ1v) is 4.82. The van der Waals surface area contributed by atoms with Crippen molar-refractivity contribution in [1.82, 2.24) is 5.32 Å². The predicted molar refractivity (Wildman–Crippen MR) is 56.1 cm³/mol. The molecule has 1 aliphatic heterocycles. The monoisotopic (exact) mass is 176 g/mol. The van der Waals surface area contributed by atoms with Gasteiger partial charge >= 0.3 is 0 Å². The summed E-state index contributed by atoms with van der Waals surface area (Å²) in [5, 5.41) is 6.82. The minimum atomic E-state index is 0.990. The highest BCUT2D eigenvalue weighted by atomic mass is 15.0. The second-order valence-corrected chi connectivity index (χ2v) is 3.70. The van der Waals surface area contributed by atoms with E-state index in [9.17, 15) is 0 Å². The molecule has 70 valence electrons. The normalized spacial score (nSPS) is 15.8. The van der Waals surface area contributed by atoms with Gasteiger partial charge in [-0.1, -0.05) is 6.07 Å². The highest BCUT2D eigenvalue weighted by molar-refractivity contribution is 5.55. The van der Waals surface area contributed by atoms with Crippen LogP contribution in [0.1, 0.15) is 16.7 Å². The molecule has 0 spiro atoms. The topological polar surface area (TPSA) is 24.1 Å². The average molecular weight is 176 g/mol. The lowest BCUT2D eigenvalue weighted by Gasteiger charge is -2.10. The quantitative estimate of drug-likeness (QED) is 0.630. The molecule has 0 radical (unpaired) electrons. The van der Waals surface area contributed by atoms with E-state index in [0.29, 0.717) is 0 Å². The van der Waals surface area contributed by atoms with E-state index >= 15 is 0 Å². The molecule has 2 nitrogen and oxygen atoms in total. The second kappa shape index (κ2) is 3.38. The Morgan fingerprint density at radius 1 is 1.08 bits per heavy atom. The molecule has 0 bridgehead atoms. The van der Waals surface area contributed by atoms with E-state index < -0.39 is 0 Å². The van der Waals surface area contributed by atoms with Crippen molar-refractivity contribution in [1.29, 1.82) is 0 Å². The number of anilines is 1. The van der Waals surface area contributed by atoms with E-state index in [0.717, 1.165) is 19.6 Å². The van der Waals surface area contributed by atoms with Crippen molar-refractivity contribution in [3.63, 3.8) is 0 Å². The smallest absolute Gasteiger partial charge is 0.0389 e. The van der Waals surface area contributed by atoms with E-state index in [4.69, 9.17) is 0 Å². The Morgan fingerprint density at radius 2 is 1.85 bits per heavy atom. The Labute approximate surface area is 79.4 Å². The van der Waals surface area contributed by atoms with Gasteiger partial charge in [-0.3, -0.25) is 0 Å². The van der Waals surface area contributed by atoms with E-state index in [2.05, 4.69) is 36.6 Å². The zero-order chi connectivity index (χ0) is 9.26. The number of fused-ring (bicyclic) bond motifs is 1. The molecule has 0 aromatic heterocycles. The van der Waals surface area contributed by atoms with Crippen LogP contribution >= 0.6 is 0 Å². The third kappa shape index (κ3) is 1.68. The van der Waals surface area contributed by atoms with Crippen molar-refractivity contribution < 1.29 is 0 Å². The first kappa shape index (κ1) is 8.57. The number of benzene rings is 1. The summed E-state index contributed by atoms with van der Waals surface area (Å²) in [5.41, 5.74) is 5.44. The minimum Gasteiger partial charge on any atom is -0.383 e. The van der Waals surface area contributed by atoms with Crippen LogP contribution in [-0.4, -0.2) is 13.1 Å². The van der Waals surface area contributed by atoms with Crippen LogP contribution in [0.25, 0.3) is 0 Å². The van der Waals surface area contributed by atoms with Crippen LogP contribution in [0.5, 0.6) is 0 Å². The summed E-state index contributed by atoms with van der Waals surface area (Å²) in [5.74, 6) is 0. The Bertz CT molecular complexity index is 287. The summed E-state index contributed by atoms with van der Waals surface area (Å²) in [6.45, 7) is 7.39. The second-order valence-electron chi connectivity index (χ2n) is 3.70. The Hall–Kier alpha value is -1.02.